The Kier molecular flexibility index (Phi) is 5.24. The summed E-state index contributed by atoms with van der Waals surface area (Å²) in [5.41, 5.74) is 0.850. The molecule has 0 aromatic heterocycles. The maximum absolute atomic E-state index is 13.3. The van der Waals surface area contributed by atoms with E-state index in [1.165, 1.54) is 0 Å². The van der Waals surface area contributed by atoms with Gasteiger partial charge in [0.25, 0.3) is 5.92 Å². The average Bonchev–Trinajstić information content (AvgIpc) is 3.00. The molecule has 1 amide bonds. The van der Waals surface area contributed by atoms with E-state index in [-0.39, 0.29) is 11.3 Å². The third-order valence-corrected chi connectivity index (χ3v) is 5.18. The lowest BCUT2D eigenvalue weighted by atomic mass is 9.74. The molecule has 0 bridgehead atoms. The fraction of sp³-hybridized carbons (Fsp3) is 0.611. The largest absolute Gasteiger partial charge is 0.497 e. The first kappa shape index (κ1) is 18.1. The van der Waals surface area contributed by atoms with Gasteiger partial charge in [-0.2, -0.15) is 0 Å². The molecule has 2 N–H and O–H groups in total. The number of halogens is 2. The number of benzene rings is 1. The lowest BCUT2D eigenvalue weighted by molar-refractivity contribution is -0.123. The number of rotatable bonds is 5. The van der Waals surface area contributed by atoms with Crippen molar-refractivity contribution in [1.82, 2.24) is 10.6 Å². The van der Waals surface area contributed by atoms with Crippen LogP contribution in [0.5, 0.6) is 5.75 Å². The lowest BCUT2D eigenvalue weighted by Gasteiger charge is -2.38. The Balaban J connectivity index is 1.69. The Hall–Kier alpha value is -1.73. The monoisotopic (exact) mass is 354 g/mol. The standard InChI is InChI=1S/C18H24F2N2O3/c1-24-14-4-2-13(3-5-14)17(6-8-25-9-7-17)11-22-16(23)15-10-18(19,20)12-21-15/h2-5,15,21H,6-12H2,1H3,(H,22,23). The summed E-state index contributed by atoms with van der Waals surface area (Å²) in [6.07, 6.45) is 1.10. The molecular weight excluding hydrogens is 330 g/mol. The van der Waals surface area contributed by atoms with Gasteiger partial charge in [0.05, 0.1) is 19.7 Å². The number of hydrogen-bond donors (Lipinski definition) is 2. The minimum Gasteiger partial charge on any atom is -0.497 e. The third kappa shape index (κ3) is 4.10. The van der Waals surface area contributed by atoms with Gasteiger partial charge in [0.1, 0.15) is 5.75 Å². The van der Waals surface area contributed by atoms with Crippen LogP contribution in [0.1, 0.15) is 24.8 Å². The second kappa shape index (κ2) is 7.25. The van der Waals surface area contributed by atoms with Gasteiger partial charge in [-0.15, -0.1) is 0 Å². The molecule has 2 heterocycles. The minimum atomic E-state index is -2.81. The molecule has 1 aromatic rings. The molecular formula is C18H24F2N2O3. The summed E-state index contributed by atoms with van der Waals surface area (Å²) < 4.78 is 37.3. The van der Waals surface area contributed by atoms with Gasteiger partial charge < -0.3 is 14.8 Å². The summed E-state index contributed by atoms with van der Waals surface area (Å²) in [5, 5.41) is 5.48. The normalized spacial score (nSPS) is 24.7. The first-order valence-corrected chi connectivity index (χ1v) is 8.55. The van der Waals surface area contributed by atoms with Gasteiger partial charge in [0, 0.05) is 31.6 Å². The van der Waals surface area contributed by atoms with Crippen LogP contribution in [-0.4, -0.2) is 51.3 Å². The predicted octanol–water partition coefficient (Wildman–Crippen LogP) is 1.86. The van der Waals surface area contributed by atoms with E-state index in [2.05, 4.69) is 10.6 Å². The van der Waals surface area contributed by atoms with Crippen molar-refractivity contribution in [2.45, 2.75) is 36.6 Å². The van der Waals surface area contributed by atoms with E-state index in [1.54, 1.807) is 7.11 Å². The summed E-state index contributed by atoms with van der Waals surface area (Å²) in [4.78, 5) is 12.3. The Morgan fingerprint density at radius 1 is 1.32 bits per heavy atom. The molecule has 7 heteroatoms. The molecule has 0 spiro atoms. The maximum Gasteiger partial charge on any atom is 0.262 e. The maximum atomic E-state index is 13.3. The molecule has 2 aliphatic rings. The smallest absolute Gasteiger partial charge is 0.262 e. The van der Waals surface area contributed by atoms with E-state index in [1.807, 2.05) is 24.3 Å². The fourth-order valence-electron chi connectivity index (χ4n) is 3.55. The second-order valence-electron chi connectivity index (χ2n) is 6.83. The highest BCUT2D eigenvalue weighted by Crippen LogP contribution is 2.35. The predicted molar refractivity (Wildman–Crippen MR) is 89.1 cm³/mol. The number of carbonyl (C=O) groups excluding carboxylic acids is 1. The van der Waals surface area contributed by atoms with E-state index in [4.69, 9.17) is 9.47 Å². The number of nitrogens with one attached hydrogen (secondary N) is 2. The van der Waals surface area contributed by atoms with Crippen molar-refractivity contribution in [3.63, 3.8) is 0 Å². The Labute approximate surface area is 146 Å². The summed E-state index contributed by atoms with van der Waals surface area (Å²) in [6.45, 7) is 1.19. The molecule has 1 unspecified atom stereocenters. The Morgan fingerprint density at radius 3 is 2.56 bits per heavy atom. The topological polar surface area (TPSA) is 59.6 Å². The van der Waals surface area contributed by atoms with E-state index in [9.17, 15) is 13.6 Å². The highest BCUT2D eigenvalue weighted by Gasteiger charge is 2.43. The van der Waals surface area contributed by atoms with Crippen LogP contribution in [0.25, 0.3) is 0 Å². The second-order valence-corrected chi connectivity index (χ2v) is 6.83. The first-order chi connectivity index (χ1) is 11.9. The Bertz CT molecular complexity index is 601. The van der Waals surface area contributed by atoms with Crippen LogP contribution in [0.4, 0.5) is 8.78 Å². The number of carbonyl (C=O) groups is 1. The van der Waals surface area contributed by atoms with Crippen molar-refractivity contribution >= 4 is 5.91 Å². The van der Waals surface area contributed by atoms with Crippen LogP contribution in [0.15, 0.2) is 24.3 Å². The van der Waals surface area contributed by atoms with Gasteiger partial charge in [-0.25, -0.2) is 8.78 Å². The fourth-order valence-corrected chi connectivity index (χ4v) is 3.55. The van der Waals surface area contributed by atoms with Crippen molar-refractivity contribution in [2.75, 3.05) is 33.4 Å². The minimum absolute atomic E-state index is 0.249. The number of methoxy groups -OCH3 is 1. The van der Waals surface area contributed by atoms with Gasteiger partial charge in [-0.3, -0.25) is 10.1 Å². The van der Waals surface area contributed by atoms with Gasteiger partial charge in [0.15, 0.2) is 0 Å². The van der Waals surface area contributed by atoms with Crippen LogP contribution >= 0.6 is 0 Å². The summed E-state index contributed by atoms with van der Waals surface area (Å²) in [6, 6.07) is 6.96. The van der Waals surface area contributed by atoms with Crippen molar-refractivity contribution in [3.8, 4) is 5.75 Å². The molecule has 1 atom stereocenters. The lowest BCUT2D eigenvalue weighted by Crippen LogP contribution is -2.48. The van der Waals surface area contributed by atoms with Gasteiger partial charge >= 0.3 is 0 Å². The summed E-state index contributed by atoms with van der Waals surface area (Å²) in [5.74, 6) is -2.40. The zero-order chi connectivity index (χ0) is 17.9. The molecule has 0 radical (unpaired) electrons. The summed E-state index contributed by atoms with van der Waals surface area (Å²) in [7, 11) is 1.61. The zero-order valence-electron chi connectivity index (χ0n) is 14.3. The van der Waals surface area contributed by atoms with E-state index in [0.717, 1.165) is 24.2 Å². The SMILES string of the molecule is COc1ccc(C2(CNC(=O)C3CC(F)(F)CN3)CCOCC2)cc1. The highest BCUT2D eigenvalue weighted by molar-refractivity contribution is 5.82. The van der Waals surface area contributed by atoms with Crippen LogP contribution < -0.4 is 15.4 Å². The molecule has 2 fully saturated rings. The van der Waals surface area contributed by atoms with Gasteiger partial charge in [-0.1, -0.05) is 12.1 Å². The van der Waals surface area contributed by atoms with Crippen LogP contribution in [0.3, 0.4) is 0 Å². The van der Waals surface area contributed by atoms with Crippen LogP contribution in [0, 0.1) is 0 Å². The molecule has 25 heavy (non-hydrogen) atoms. The molecule has 2 saturated heterocycles. The number of hydrogen-bond acceptors (Lipinski definition) is 4. The Morgan fingerprint density at radius 2 is 2.00 bits per heavy atom. The van der Waals surface area contributed by atoms with E-state index >= 15 is 0 Å². The van der Waals surface area contributed by atoms with Gasteiger partial charge in [-0.05, 0) is 30.5 Å². The molecule has 1 aromatic carbocycles. The number of ether oxygens (including phenoxy) is 2. The quantitative estimate of drug-likeness (QED) is 0.847. The summed E-state index contributed by atoms with van der Waals surface area (Å²) >= 11 is 0. The van der Waals surface area contributed by atoms with Crippen LogP contribution in [-0.2, 0) is 14.9 Å². The highest BCUT2D eigenvalue weighted by atomic mass is 19.3. The third-order valence-electron chi connectivity index (χ3n) is 5.18. The number of alkyl halides is 2. The van der Waals surface area contributed by atoms with Crippen molar-refractivity contribution < 1.29 is 23.0 Å². The molecule has 2 aliphatic heterocycles. The molecule has 0 saturated carbocycles. The van der Waals surface area contributed by atoms with Crippen molar-refractivity contribution in [3.05, 3.63) is 29.8 Å². The molecule has 0 aliphatic carbocycles. The van der Waals surface area contributed by atoms with Crippen molar-refractivity contribution in [1.29, 1.82) is 0 Å². The van der Waals surface area contributed by atoms with Crippen LogP contribution in [0.2, 0.25) is 0 Å². The molecule has 138 valence electrons. The first-order valence-electron chi connectivity index (χ1n) is 8.55. The zero-order valence-corrected chi connectivity index (χ0v) is 14.3. The van der Waals surface area contributed by atoms with Crippen molar-refractivity contribution in [2.24, 2.45) is 0 Å². The molecule has 3 rings (SSSR count). The number of amides is 1. The van der Waals surface area contributed by atoms with E-state index in [0.29, 0.717) is 19.8 Å². The molecule has 5 nitrogen and oxygen atoms in total. The van der Waals surface area contributed by atoms with Gasteiger partial charge in [0.2, 0.25) is 5.91 Å². The average molecular weight is 354 g/mol. The van der Waals surface area contributed by atoms with E-state index < -0.39 is 24.9 Å².